The summed E-state index contributed by atoms with van der Waals surface area (Å²) < 4.78 is 23.5. The van der Waals surface area contributed by atoms with Crippen molar-refractivity contribution in [1.82, 2.24) is 0 Å². The predicted molar refractivity (Wildman–Crippen MR) is 102 cm³/mol. The summed E-state index contributed by atoms with van der Waals surface area (Å²) in [6.45, 7) is 6.99. The number of hydrogen-bond acceptors (Lipinski definition) is 2. The molecular weight excluding hydrogens is 304 g/mol. The molecule has 1 unspecified atom stereocenters. The first-order valence-electron chi connectivity index (χ1n) is 10.1. The first-order chi connectivity index (χ1) is 10.9. The highest BCUT2D eigenvalue weighted by Gasteiger charge is 2.37. The highest BCUT2D eigenvalue weighted by molar-refractivity contribution is 7.91. The SMILES string of the molecule is CCCCCCCC(C)(CCCCCC)C1CCS(=O)(=O)CC1. The van der Waals surface area contributed by atoms with Crippen LogP contribution in [-0.4, -0.2) is 19.9 Å². The molecule has 0 aliphatic carbocycles. The van der Waals surface area contributed by atoms with Gasteiger partial charge in [-0.3, -0.25) is 0 Å². The topological polar surface area (TPSA) is 34.1 Å². The molecule has 0 spiro atoms. The third kappa shape index (κ3) is 8.05. The lowest BCUT2D eigenvalue weighted by atomic mass is 9.68. The van der Waals surface area contributed by atoms with Crippen LogP contribution < -0.4 is 0 Å². The van der Waals surface area contributed by atoms with Gasteiger partial charge in [-0.05, 0) is 37.0 Å². The molecule has 1 saturated heterocycles. The maximum absolute atomic E-state index is 11.8. The summed E-state index contributed by atoms with van der Waals surface area (Å²) in [5.41, 5.74) is 0.371. The zero-order valence-electron chi connectivity index (χ0n) is 15.9. The molecule has 1 rings (SSSR count). The van der Waals surface area contributed by atoms with Crippen molar-refractivity contribution in [3.63, 3.8) is 0 Å². The summed E-state index contributed by atoms with van der Waals surface area (Å²) in [6, 6.07) is 0. The Morgan fingerprint density at radius 1 is 0.783 bits per heavy atom. The van der Waals surface area contributed by atoms with Crippen LogP contribution in [0.15, 0.2) is 0 Å². The van der Waals surface area contributed by atoms with Crippen LogP contribution >= 0.6 is 0 Å². The van der Waals surface area contributed by atoms with Crippen LogP contribution in [-0.2, 0) is 9.84 Å². The second-order valence-corrected chi connectivity index (χ2v) is 10.4. The quantitative estimate of drug-likeness (QED) is 0.398. The van der Waals surface area contributed by atoms with Gasteiger partial charge in [0.25, 0.3) is 0 Å². The summed E-state index contributed by atoms with van der Waals surface area (Å²) in [5, 5.41) is 0. The van der Waals surface area contributed by atoms with E-state index in [1.807, 2.05) is 0 Å². The van der Waals surface area contributed by atoms with E-state index in [0.29, 0.717) is 22.8 Å². The van der Waals surface area contributed by atoms with Crippen LogP contribution in [0.4, 0.5) is 0 Å². The minimum absolute atomic E-state index is 0.371. The lowest BCUT2D eigenvalue weighted by molar-refractivity contribution is 0.131. The van der Waals surface area contributed by atoms with E-state index in [1.54, 1.807) is 0 Å². The highest BCUT2D eigenvalue weighted by Crippen LogP contribution is 2.44. The molecule has 0 aromatic heterocycles. The normalized spacial score (nSPS) is 21.2. The monoisotopic (exact) mass is 344 g/mol. The third-order valence-electron chi connectivity index (χ3n) is 5.99. The average molecular weight is 345 g/mol. The van der Waals surface area contributed by atoms with Gasteiger partial charge in [-0.1, -0.05) is 78.6 Å². The minimum atomic E-state index is -2.74. The van der Waals surface area contributed by atoms with Gasteiger partial charge in [-0.15, -0.1) is 0 Å². The average Bonchev–Trinajstić information content (AvgIpc) is 2.51. The highest BCUT2D eigenvalue weighted by atomic mass is 32.2. The molecule has 23 heavy (non-hydrogen) atoms. The smallest absolute Gasteiger partial charge is 0.150 e. The Kier molecular flexibility index (Phi) is 9.80. The number of rotatable bonds is 12. The second-order valence-electron chi connectivity index (χ2n) is 8.05. The zero-order chi connectivity index (χ0) is 17.2. The van der Waals surface area contributed by atoms with Crippen LogP contribution in [0.2, 0.25) is 0 Å². The van der Waals surface area contributed by atoms with Gasteiger partial charge in [0, 0.05) is 0 Å². The Morgan fingerprint density at radius 3 is 1.70 bits per heavy atom. The van der Waals surface area contributed by atoms with Gasteiger partial charge in [0.05, 0.1) is 11.5 Å². The fourth-order valence-corrected chi connectivity index (χ4v) is 5.70. The second kappa shape index (κ2) is 10.7. The molecule has 1 aliphatic rings. The molecule has 1 heterocycles. The van der Waals surface area contributed by atoms with E-state index in [-0.39, 0.29) is 0 Å². The molecule has 138 valence electrons. The van der Waals surface area contributed by atoms with E-state index in [1.165, 1.54) is 70.6 Å². The molecule has 0 N–H and O–H groups in total. The van der Waals surface area contributed by atoms with Crippen LogP contribution in [0.25, 0.3) is 0 Å². The van der Waals surface area contributed by atoms with Gasteiger partial charge < -0.3 is 0 Å². The zero-order valence-corrected chi connectivity index (χ0v) is 16.7. The maximum Gasteiger partial charge on any atom is 0.150 e. The van der Waals surface area contributed by atoms with Crippen LogP contribution in [0.5, 0.6) is 0 Å². The van der Waals surface area contributed by atoms with Crippen molar-refractivity contribution in [2.75, 3.05) is 11.5 Å². The van der Waals surface area contributed by atoms with Crippen molar-refractivity contribution in [3.05, 3.63) is 0 Å². The lowest BCUT2D eigenvalue weighted by Crippen LogP contribution is -2.35. The summed E-state index contributed by atoms with van der Waals surface area (Å²) in [4.78, 5) is 0. The molecule has 3 heteroatoms. The van der Waals surface area contributed by atoms with Crippen LogP contribution in [0, 0.1) is 11.3 Å². The number of sulfone groups is 1. The molecule has 1 atom stereocenters. The molecular formula is C20H40O2S. The Bertz CT molecular complexity index is 388. The van der Waals surface area contributed by atoms with E-state index >= 15 is 0 Å². The molecule has 1 fully saturated rings. The first kappa shape index (κ1) is 21.0. The lowest BCUT2D eigenvalue weighted by Gasteiger charge is -2.40. The molecule has 2 nitrogen and oxygen atoms in total. The number of hydrogen-bond donors (Lipinski definition) is 0. The van der Waals surface area contributed by atoms with E-state index in [4.69, 9.17) is 0 Å². The van der Waals surface area contributed by atoms with E-state index in [0.717, 1.165) is 12.8 Å². The summed E-state index contributed by atoms with van der Waals surface area (Å²) in [7, 11) is -2.74. The molecule has 0 amide bonds. The molecule has 0 aromatic carbocycles. The fraction of sp³-hybridized carbons (Fsp3) is 1.00. The third-order valence-corrected chi connectivity index (χ3v) is 7.71. The van der Waals surface area contributed by atoms with Gasteiger partial charge in [0.15, 0.2) is 0 Å². The van der Waals surface area contributed by atoms with Crippen LogP contribution in [0.1, 0.15) is 104 Å². The molecule has 1 aliphatic heterocycles. The van der Waals surface area contributed by atoms with Crippen molar-refractivity contribution >= 4 is 9.84 Å². The predicted octanol–water partition coefficient (Wildman–Crippen LogP) is 6.15. The van der Waals surface area contributed by atoms with Crippen molar-refractivity contribution in [3.8, 4) is 0 Å². The maximum atomic E-state index is 11.8. The Balaban J connectivity index is 2.52. The minimum Gasteiger partial charge on any atom is -0.229 e. The molecule has 0 aromatic rings. The molecule has 0 radical (unpaired) electrons. The van der Waals surface area contributed by atoms with Crippen LogP contribution in [0.3, 0.4) is 0 Å². The van der Waals surface area contributed by atoms with E-state index in [2.05, 4.69) is 20.8 Å². The van der Waals surface area contributed by atoms with E-state index < -0.39 is 9.84 Å². The van der Waals surface area contributed by atoms with Gasteiger partial charge >= 0.3 is 0 Å². The Hall–Kier alpha value is -0.0500. The van der Waals surface area contributed by atoms with Gasteiger partial charge in [-0.25, -0.2) is 8.42 Å². The van der Waals surface area contributed by atoms with Crippen molar-refractivity contribution < 1.29 is 8.42 Å². The van der Waals surface area contributed by atoms with Crippen molar-refractivity contribution in [1.29, 1.82) is 0 Å². The fourth-order valence-electron chi connectivity index (χ4n) is 4.21. The summed E-state index contributed by atoms with van der Waals surface area (Å²) in [6.07, 6.45) is 16.4. The largest absolute Gasteiger partial charge is 0.229 e. The molecule has 0 bridgehead atoms. The summed E-state index contributed by atoms with van der Waals surface area (Å²) >= 11 is 0. The number of unbranched alkanes of at least 4 members (excludes halogenated alkanes) is 7. The van der Waals surface area contributed by atoms with Crippen molar-refractivity contribution in [2.45, 2.75) is 104 Å². The van der Waals surface area contributed by atoms with Gasteiger partial charge in [0.2, 0.25) is 0 Å². The summed E-state index contributed by atoms with van der Waals surface area (Å²) in [5.74, 6) is 1.48. The standard InChI is InChI=1S/C20H40O2S/c1-4-6-8-10-12-16-20(3,15-11-9-7-5-2)19-13-17-23(21,22)18-14-19/h19H,4-18H2,1-3H3. The van der Waals surface area contributed by atoms with Crippen molar-refractivity contribution in [2.24, 2.45) is 11.3 Å². The first-order valence-corrected chi connectivity index (χ1v) is 12.0. The van der Waals surface area contributed by atoms with E-state index in [9.17, 15) is 8.42 Å². The Labute approximate surface area is 145 Å². The molecule has 0 saturated carbocycles. The van der Waals surface area contributed by atoms with Gasteiger partial charge in [-0.2, -0.15) is 0 Å². The van der Waals surface area contributed by atoms with Gasteiger partial charge in [0.1, 0.15) is 9.84 Å². The Morgan fingerprint density at radius 2 is 1.22 bits per heavy atom.